The van der Waals surface area contributed by atoms with Crippen molar-refractivity contribution in [2.75, 3.05) is 17.7 Å². The van der Waals surface area contributed by atoms with Gasteiger partial charge >= 0.3 is 18.3 Å². The first-order chi connectivity index (χ1) is 17.1. The van der Waals surface area contributed by atoms with Crippen LogP contribution in [-0.4, -0.2) is 46.6 Å². The summed E-state index contributed by atoms with van der Waals surface area (Å²) in [5, 5.41) is 33.5. The fourth-order valence-electron chi connectivity index (χ4n) is 3.88. The van der Waals surface area contributed by atoms with Crippen molar-refractivity contribution in [2.24, 2.45) is 0 Å². The minimum absolute atomic E-state index is 0.309. The number of benzene rings is 3. The Morgan fingerprint density at radius 1 is 0.730 bits per heavy atom. The van der Waals surface area contributed by atoms with Crippen LogP contribution in [0.15, 0.2) is 60.7 Å². The largest absolute Gasteiger partial charge is 0.506 e. The summed E-state index contributed by atoms with van der Waals surface area (Å²) in [4.78, 5) is 24.1. The number of rotatable bonds is 6. The van der Waals surface area contributed by atoms with Crippen molar-refractivity contribution >= 4 is 23.3 Å². The molecule has 3 rings (SSSR count). The maximum Gasteiger partial charge on any atom is 0.411 e. The van der Waals surface area contributed by atoms with Crippen LogP contribution in [0.25, 0.3) is 0 Å². The van der Waals surface area contributed by atoms with Gasteiger partial charge in [-0.15, -0.1) is 0 Å². The van der Waals surface area contributed by atoms with Gasteiger partial charge in [-0.2, -0.15) is 26.3 Å². The van der Waals surface area contributed by atoms with Crippen LogP contribution in [0.4, 0.5) is 37.7 Å². The van der Waals surface area contributed by atoms with E-state index in [1.165, 1.54) is 19.2 Å². The average Bonchev–Trinajstić information content (AvgIpc) is 2.80. The van der Waals surface area contributed by atoms with Crippen molar-refractivity contribution < 1.29 is 51.3 Å². The number of carboxylic acid groups (broad SMARTS) is 1. The third kappa shape index (κ3) is 4.71. The molecule has 0 unspecified atom stereocenters. The molecule has 0 radical (unpaired) electrons. The number of hydrogen-bond donors (Lipinski definition) is 5. The van der Waals surface area contributed by atoms with E-state index in [-0.39, 0.29) is 0 Å². The quantitative estimate of drug-likeness (QED) is 0.213. The molecule has 0 atom stereocenters. The zero-order chi connectivity index (χ0) is 27.8. The summed E-state index contributed by atoms with van der Waals surface area (Å²) in [6.07, 6.45) is -12.0. The molecule has 3 aromatic carbocycles. The van der Waals surface area contributed by atoms with Crippen LogP contribution in [0.2, 0.25) is 0 Å². The fourth-order valence-corrected chi connectivity index (χ4v) is 3.88. The summed E-state index contributed by atoms with van der Waals surface area (Å²) < 4.78 is 86.8. The number of phenolic OH excluding ortho intramolecular Hbond substituents is 2. The predicted molar refractivity (Wildman–Crippen MR) is 120 cm³/mol. The number of hydrogen-bond acceptors (Lipinski definition) is 5. The number of carbonyl (C=O) groups is 2. The molecule has 0 spiro atoms. The molecule has 0 fully saturated rings. The Balaban J connectivity index is 2.25. The second-order valence-corrected chi connectivity index (χ2v) is 7.76. The first-order valence-corrected chi connectivity index (χ1v) is 10.3. The van der Waals surface area contributed by atoms with Gasteiger partial charge in [-0.05, 0) is 47.5 Å². The highest BCUT2D eigenvalue weighted by Gasteiger charge is 2.72. The number of alkyl halides is 6. The van der Waals surface area contributed by atoms with Gasteiger partial charge in [-0.3, -0.25) is 4.79 Å². The van der Waals surface area contributed by atoms with Gasteiger partial charge in [0, 0.05) is 7.05 Å². The Labute approximate surface area is 205 Å². The molecule has 5 N–H and O–H groups in total. The lowest BCUT2D eigenvalue weighted by Gasteiger charge is -2.38. The second-order valence-electron chi connectivity index (χ2n) is 7.76. The van der Waals surface area contributed by atoms with Crippen molar-refractivity contribution in [3.63, 3.8) is 0 Å². The van der Waals surface area contributed by atoms with E-state index in [9.17, 15) is 51.3 Å². The fraction of sp³-hybridized carbons (Fsp3) is 0.167. The lowest BCUT2D eigenvalue weighted by atomic mass is 9.72. The molecule has 7 nitrogen and oxygen atoms in total. The van der Waals surface area contributed by atoms with Crippen LogP contribution < -0.4 is 10.6 Å². The van der Waals surface area contributed by atoms with E-state index in [1.807, 2.05) is 5.32 Å². The first kappa shape index (κ1) is 27.2. The van der Waals surface area contributed by atoms with E-state index in [4.69, 9.17) is 0 Å². The van der Waals surface area contributed by atoms with E-state index in [0.717, 1.165) is 12.1 Å². The van der Waals surface area contributed by atoms with Gasteiger partial charge in [0.25, 0.3) is 5.91 Å². The summed E-state index contributed by atoms with van der Waals surface area (Å²) in [5.41, 5.74) is -9.52. The molecule has 0 heterocycles. The number of nitrogens with one attached hydrogen (secondary N) is 2. The highest BCUT2D eigenvalue weighted by atomic mass is 19.4. The van der Waals surface area contributed by atoms with Crippen molar-refractivity contribution in [3.05, 3.63) is 82.9 Å². The van der Waals surface area contributed by atoms with E-state index in [2.05, 4.69) is 5.32 Å². The molecule has 0 aliphatic rings. The van der Waals surface area contributed by atoms with Crippen LogP contribution >= 0.6 is 0 Å². The Kier molecular flexibility index (Phi) is 7.02. The predicted octanol–water partition coefficient (Wildman–Crippen LogP) is 5.50. The highest BCUT2D eigenvalue weighted by molar-refractivity contribution is 6.11. The molecular formula is C24H18F6N2O5. The molecule has 1 amide bonds. The molecule has 196 valence electrons. The number of phenols is 2. The van der Waals surface area contributed by atoms with Gasteiger partial charge in [-0.25, -0.2) is 4.79 Å². The van der Waals surface area contributed by atoms with Crippen molar-refractivity contribution in [1.82, 2.24) is 0 Å². The molecule has 13 heteroatoms. The van der Waals surface area contributed by atoms with Gasteiger partial charge in [0.05, 0.1) is 22.5 Å². The maximum absolute atomic E-state index is 14.5. The van der Waals surface area contributed by atoms with Crippen LogP contribution in [-0.2, 0) is 5.41 Å². The molecule has 0 saturated carbocycles. The standard InChI is InChI=1S/C24H18F6N2O5/c1-31-16-10-12(6-8-18(16)33)22(23(25,26)27,24(28,29)30)13-7-9-19(34)17(11-13)32-20(35)14-4-2-3-5-15(14)21(36)37/h2-11,31,33-34H,1H3,(H,32,35)(H,36,37). The van der Waals surface area contributed by atoms with E-state index < -0.39 is 74.8 Å². The third-order valence-corrected chi connectivity index (χ3v) is 5.63. The minimum atomic E-state index is -5.98. The lowest BCUT2D eigenvalue weighted by Crippen LogP contribution is -2.54. The number of halogens is 6. The minimum Gasteiger partial charge on any atom is -0.506 e. The SMILES string of the molecule is CNc1cc(C(c2ccc(O)c(NC(=O)c3ccccc3C(=O)O)c2)(C(F)(F)F)C(F)(F)F)ccc1O. The molecule has 3 aromatic rings. The first-order valence-electron chi connectivity index (χ1n) is 10.3. The highest BCUT2D eigenvalue weighted by Crippen LogP contribution is 2.57. The maximum atomic E-state index is 14.5. The summed E-state index contributed by atoms with van der Waals surface area (Å²) in [6, 6.07) is 7.61. The number of aromatic hydroxyl groups is 2. The normalized spacial score (nSPS) is 12.2. The Morgan fingerprint density at radius 2 is 1.19 bits per heavy atom. The van der Waals surface area contributed by atoms with Crippen LogP contribution in [0.1, 0.15) is 31.8 Å². The van der Waals surface area contributed by atoms with Crippen molar-refractivity contribution in [1.29, 1.82) is 0 Å². The Morgan fingerprint density at radius 3 is 1.65 bits per heavy atom. The average molecular weight is 528 g/mol. The lowest BCUT2D eigenvalue weighted by molar-refractivity contribution is -0.288. The molecular weight excluding hydrogens is 510 g/mol. The zero-order valence-electron chi connectivity index (χ0n) is 18.7. The molecule has 0 aliphatic carbocycles. The van der Waals surface area contributed by atoms with Gasteiger partial charge in [0.1, 0.15) is 11.5 Å². The summed E-state index contributed by atoms with van der Waals surface area (Å²) >= 11 is 0. The topological polar surface area (TPSA) is 119 Å². The van der Waals surface area contributed by atoms with Gasteiger partial charge in [0.15, 0.2) is 0 Å². The van der Waals surface area contributed by atoms with Crippen LogP contribution in [0.5, 0.6) is 11.5 Å². The number of anilines is 2. The number of carboxylic acids is 1. The van der Waals surface area contributed by atoms with Gasteiger partial charge in [-0.1, -0.05) is 24.3 Å². The summed E-state index contributed by atoms with van der Waals surface area (Å²) in [6.45, 7) is 0. The summed E-state index contributed by atoms with van der Waals surface area (Å²) in [5.74, 6) is -4.17. The van der Waals surface area contributed by atoms with Crippen molar-refractivity contribution in [2.45, 2.75) is 17.8 Å². The van der Waals surface area contributed by atoms with Crippen molar-refractivity contribution in [3.8, 4) is 11.5 Å². The number of carbonyl (C=O) groups excluding carboxylic acids is 1. The van der Waals surface area contributed by atoms with Crippen LogP contribution in [0, 0.1) is 0 Å². The Bertz CT molecular complexity index is 1340. The van der Waals surface area contributed by atoms with Gasteiger partial charge < -0.3 is 26.0 Å². The van der Waals surface area contributed by atoms with E-state index in [0.29, 0.717) is 36.4 Å². The van der Waals surface area contributed by atoms with Gasteiger partial charge in [0.2, 0.25) is 5.41 Å². The van der Waals surface area contributed by atoms with E-state index >= 15 is 0 Å². The molecule has 0 aromatic heterocycles. The zero-order valence-corrected chi connectivity index (χ0v) is 18.7. The third-order valence-electron chi connectivity index (χ3n) is 5.63. The second kappa shape index (κ2) is 9.56. The summed E-state index contributed by atoms with van der Waals surface area (Å²) in [7, 11) is 1.19. The number of aromatic carboxylic acids is 1. The monoisotopic (exact) mass is 528 g/mol. The molecule has 0 saturated heterocycles. The number of amides is 1. The van der Waals surface area contributed by atoms with E-state index in [1.54, 1.807) is 0 Å². The smallest absolute Gasteiger partial charge is 0.411 e. The van der Waals surface area contributed by atoms with Crippen LogP contribution in [0.3, 0.4) is 0 Å². The molecule has 0 aliphatic heterocycles. The molecule has 37 heavy (non-hydrogen) atoms. The Hall–Kier alpha value is -4.42. The molecule has 0 bridgehead atoms.